The van der Waals surface area contributed by atoms with E-state index in [4.69, 9.17) is 10.6 Å². The fourth-order valence-corrected chi connectivity index (χ4v) is 1.76. The van der Waals surface area contributed by atoms with E-state index in [9.17, 15) is 0 Å². The van der Waals surface area contributed by atoms with E-state index < -0.39 is 0 Å². The van der Waals surface area contributed by atoms with E-state index in [2.05, 4.69) is 31.7 Å². The van der Waals surface area contributed by atoms with Crippen LogP contribution in [0.1, 0.15) is 12.0 Å². The van der Waals surface area contributed by atoms with E-state index in [1.165, 1.54) is 0 Å². The normalized spacial score (nSPS) is 11.4. The number of benzene rings is 1. The second-order valence-electron chi connectivity index (χ2n) is 3.76. The van der Waals surface area contributed by atoms with Crippen LogP contribution in [-0.2, 0) is 4.74 Å². The molecule has 5 nitrogen and oxygen atoms in total. The molecule has 0 atom stereocenters. The van der Waals surface area contributed by atoms with Gasteiger partial charge in [-0.2, -0.15) is 0 Å². The highest BCUT2D eigenvalue weighted by Gasteiger charge is 2.03. The Morgan fingerprint density at radius 2 is 2.28 bits per heavy atom. The van der Waals surface area contributed by atoms with Gasteiger partial charge < -0.3 is 10.1 Å². The minimum Gasteiger partial charge on any atom is -0.385 e. The first-order chi connectivity index (χ1) is 8.69. The quantitative estimate of drug-likeness (QED) is 0.256. The number of halogens is 1. The van der Waals surface area contributed by atoms with Gasteiger partial charge >= 0.3 is 0 Å². The predicted molar refractivity (Wildman–Crippen MR) is 78.6 cm³/mol. The molecule has 0 bridgehead atoms. The van der Waals surface area contributed by atoms with Crippen molar-refractivity contribution < 1.29 is 4.74 Å². The molecule has 0 aromatic heterocycles. The molecule has 4 N–H and O–H groups in total. The molecule has 0 aliphatic heterocycles. The summed E-state index contributed by atoms with van der Waals surface area (Å²) in [6.45, 7) is 3.37. The molecule has 0 amide bonds. The molecule has 0 aliphatic carbocycles. The van der Waals surface area contributed by atoms with Gasteiger partial charge in [0.25, 0.3) is 0 Å². The predicted octanol–water partition coefficient (Wildman–Crippen LogP) is 2.03. The van der Waals surface area contributed by atoms with Crippen LogP contribution in [0.15, 0.2) is 27.7 Å². The van der Waals surface area contributed by atoms with Crippen molar-refractivity contribution in [2.75, 3.05) is 25.6 Å². The molecule has 0 saturated heterocycles. The van der Waals surface area contributed by atoms with Crippen LogP contribution in [0.4, 0.5) is 5.69 Å². The number of anilines is 1. The lowest BCUT2D eigenvalue weighted by molar-refractivity contribution is 0.197. The molecule has 0 spiro atoms. The van der Waals surface area contributed by atoms with Crippen LogP contribution in [0.2, 0.25) is 0 Å². The first-order valence-electron chi connectivity index (χ1n) is 5.71. The van der Waals surface area contributed by atoms with Crippen molar-refractivity contribution in [1.82, 2.24) is 5.43 Å². The number of methoxy groups -OCH3 is 1. The summed E-state index contributed by atoms with van der Waals surface area (Å²) in [5, 5.41) is 3.16. The van der Waals surface area contributed by atoms with E-state index in [-0.39, 0.29) is 0 Å². The summed E-state index contributed by atoms with van der Waals surface area (Å²) in [5.74, 6) is 5.99. The zero-order valence-electron chi connectivity index (χ0n) is 10.7. The summed E-state index contributed by atoms with van der Waals surface area (Å²) in [5.41, 5.74) is 4.63. The molecule has 1 aromatic rings. The Bertz CT molecular complexity index is 409. The molecule has 0 aliphatic rings. The standard InChI is InChI=1S/C12H19BrN4O/c1-9-10(13)5-3-6-11(9)16-12(17-14)15-7-4-8-18-2/h3,5-6H,4,7-8,14H2,1-2H3,(H2,15,16,17). The van der Waals surface area contributed by atoms with Gasteiger partial charge in [0.15, 0.2) is 0 Å². The fraction of sp³-hybridized carbons (Fsp3) is 0.417. The maximum absolute atomic E-state index is 5.44. The van der Waals surface area contributed by atoms with Crippen LogP contribution in [0.3, 0.4) is 0 Å². The summed E-state index contributed by atoms with van der Waals surface area (Å²) in [6, 6.07) is 5.92. The third-order valence-corrected chi connectivity index (χ3v) is 3.29. The van der Waals surface area contributed by atoms with Gasteiger partial charge in [-0.25, -0.2) is 5.84 Å². The maximum Gasteiger partial charge on any atom is 0.210 e. The van der Waals surface area contributed by atoms with Crippen LogP contribution >= 0.6 is 15.9 Å². The van der Waals surface area contributed by atoms with Crippen molar-refractivity contribution in [3.63, 3.8) is 0 Å². The molecule has 0 radical (unpaired) electrons. The molecule has 6 heteroatoms. The van der Waals surface area contributed by atoms with E-state index >= 15 is 0 Å². The van der Waals surface area contributed by atoms with E-state index in [1.54, 1.807) is 7.11 Å². The second-order valence-corrected chi connectivity index (χ2v) is 4.61. The molecule has 0 fully saturated rings. The van der Waals surface area contributed by atoms with Gasteiger partial charge in [0.2, 0.25) is 5.96 Å². The number of rotatable bonds is 5. The van der Waals surface area contributed by atoms with Gasteiger partial charge in [0.1, 0.15) is 0 Å². The van der Waals surface area contributed by atoms with E-state index in [1.807, 2.05) is 25.1 Å². The lowest BCUT2D eigenvalue weighted by Gasteiger charge is -2.12. The van der Waals surface area contributed by atoms with Gasteiger partial charge in [0.05, 0.1) is 0 Å². The van der Waals surface area contributed by atoms with Crippen LogP contribution in [-0.4, -0.2) is 26.2 Å². The Kier molecular flexibility index (Phi) is 6.70. The third-order valence-electron chi connectivity index (χ3n) is 2.43. The molecule has 100 valence electrons. The fourth-order valence-electron chi connectivity index (χ4n) is 1.39. The molecular weight excluding hydrogens is 296 g/mol. The summed E-state index contributed by atoms with van der Waals surface area (Å²) in [7, 11) is 1.68. The molecule has 0 saturated carbocycles. The summed E-state index contributed by atoms with van der Waals surface area (Å²) >= 11 is 3.48. The monoisotopic (exact) mass is 314 g/mol. The number of hydrogen-bond acceptors (Lipinski definition) is 3. The van der Waals surface area contributed by atoms with Crippen molar-refractivity contribution in [2.45, 2.75) is 13.3 Å². The molecule has 18 heavy (non-hydrogen) atoms. The number of guanidine groups is 1. The molecule has 0 heterocycles. The topological polar surface area (TPSA) is 71.7 Å². The smallest absolute Gasteiger partial charge is 0.210 e. The Morgan fingerprint density at radius 3 is 2.94 bits per heavy atom. The number of hydrogen-bond donors (Lipinski definition) is 3. The van der Waals surface area contributed by atoms with Crippen molar-refractivity contribution in [3.05, 3.63) is 28.2 Å². The van der Waals surface area contributed by atoms with Gasteiger partial charge in [-0.3, -0.25) is 10.4 Å². The Balaban J connectivity index is 2.65. The van der Waals surface area contributed by atoms with Gasteiger partial charge in [-0.05, 0) is 31.0 Å². The minimum absolute atomic E-state index is 0.548. The minimum atomic E-state index is 0.548. The van der Waals surface area contributed by atoms with Crippen molar-refractivity contribution in [1.29, 1.82) is 0 Å². The number of hydrazine groups is 1. The molecule has 1 aromatic carbocycles. The maximum atomic E-state index is 5.44. The van der Waals surface area contributed by atoms with Gasteiger partial charge in [0, 0.05) is 30.4 Å². The Morgan fingerprint density at radius 1 is 1.50 bits per heavy atom. The number of aliphatic imine (C=N–C) groups is 1. The Labute approximate surface area is 116 Å². The molecule has 1 rings (SSSR count). The number of ether oxygens (including phenoxy) is 1. The Hall–Kier alpha value is -1.11. The zero-order chi connectivity index (χ0) is 13.4. The lowest BCUT2D eigenvalue weighted by Crippen LogP contribution is -2.36. The van der Waals surface area contributed by atoms with Crippen LogP contribution in [0.25, 0.3) is 0 Å². The summed E-state index contributed by atoms with van der Waals surface area (Å²) in [6.07, 6.45) is 0.862. The third kappa shape index (κ3) is 4.64. The van der Waals surface area contributed by atoms with Crippen LogP contribution < -0.4 is 16.6 Å². The largest absolute Gasteiger partial charge is 0.385 e. The molecular formula is C12H19BrN4O. The average molecular weight is 315 g/mol. The summed E-state index contributed by atoms with van der Waals surface area (Å²) in [4.78, 5) is 4.32. The van der Waals surface area contributed by atoms with Crippen LogP contribution in [0, 0.1) is 6.92 Å². The first kappa shape index (κ1) is 14.9. The van der Waals surface area contributed by atoms with E-state index in [0.29, 0.717) is 19.1 Å². The van der Waals surface area contributed by atoms with Crippen molar-refractivity contribution in [3.8, 4) is 0 Å². The second kappa shape index (κ2) is 8.07. The van der Waals surface area contributed by atoms with Crippen molar-refractivity contribution in [2.24, 2.45) is 10.8 Å². The average Bonchev–Trinajstić information content (AvgIpc) is 2.38. The first-order valence-corrected chi connectivity index (χ1v) is 6.50. The SMILES string of the molecule is COCCCN=C(NN)Nc1cccc(Br)c1C. The molecule has 0 unspecified atom stereocenters. The zero-order valence-corrected chi connectivity index (χ0v) is 12.3. The number of nitrogens with two attached hydrogens (primary N) is 1. The van der Waals surface area contributed by atoms with Crippen LogP contribution in [0.5, 0.6) is 0 Å². The number of nitrogens with zero attached hydrogens (tertiary/aromatic N) is 1. The summed E-state index contributed by atoms with van der Waals surface area (Å²) < 4.78 is 6.01. The van der Waals surface area contributed by atoms with Gasteiger partial charge in [-0.15, -0.1) is 0 Å². The van der Waals surface area contributed by atoms with Crippen molar-refractivity contribution >= 4 is 27.6 Å². The van der Waals surface area contributed by atoms with E-state index in [0.717, 1.165) is 22.1 Å². The highest BCUT2D eigenvalue weighted by Crippen LogP contribution is 2.23. The number of nitrogens with one attached hydrogen (secondary N) is 2. The lowest BCUT2D eigenvalue weighted by atomic mass is 10.2. The highest BCUT2D eigenvalue weighted by molar-refractivity contribution is 9.10. The highest BCUT2D eigenvalue weighted by atomic mass is 79.9. The van der Waals surface area contributed by atoms with Gasteiger partial charge in [-0.1, -0.05) is 22.0 Å².